The number of ether oxygens (including phenoxy) is 1. The quantitative estimate of drug-likeness (QED) is 0.677. The second-order valence-electron chi connectivity index (χ2n) is 6.73. The number of fused-ring (bicyclic) bond motifs is 1. The molecule has 9 heteroatoms. The molecule has 0 spiro atoms. The molecule has 0 amide bonds. The van der Waals surface area contributed by atoms with Gasteiger partial charge in [-0.25, -0.2) is 23.9 Å². The van der Waals surface area contributed by atoms with Gasteiger partial charge in [-0.05, 0) is 32.9 Å². The zero-order valence-corrected chi connectivity index (χ0v) is 17.1. The first kappa shape index (κ1) is 19.8. The molecule has 3 rings (SSSR count). The van der Waals surface area contributed by atoms with Gasteiger partial charge in [-0.3, -0.25) is 0 Å². The van der Waals surface area contributed by atoms with Crippen LogP contribution in [0.25, 0.3) is 22.7 Å². The number of imidazole rings is 1. The summed E-state index contributed by atoms with van der Waals surface area (Å²) in [5, 5.41) is 9.20. The summed E-state index contributed by atoms with van der Waals surface area (Å²) in [4.78, 5) is 13.7. The van der Waals surface area contributed by atoms with Crippen LogP contribution in [0.3, 0.4) is 0 Å². The van der Waals surface area contributed by atoms with Crippen LogP contribution in [0.4, 0.5) is 0 Å². The number of pyridine rings is 2. The third-order valence-corrected chi connectivity index (χ3v) is 6.10. The third kappa shape index (κ3) is 3.55. The number of aromatic nitrogens is 4. The summed E-state index contributed by atoms with van der Waals surface area (Å²) >= 11 is 0. The number of nitriles is 1. The van der Waals surface area contributed by atoms with Gasteiger partial charge in [-0.2, -0.15) is 5.26 Å². The fourth-order valence-electron chi connectivity index (χ4n) is 2.81. The molecule has 3 heterocycles. The zero-order chi connectivity index (χ0) is 20.5. The molecule has 146 valence electrons. The normalized spacial score (nSPS) is 13.8. The lowest BCUT2D eigenvalue weighted by Crippen LogP contribution is -2.25. The van der Waals surface area contributed by atoms with E-state index < -0.39 is 15.3 Å². The molecule has 1 N–H and O–H groups in total. The number of hydrogen-bond donors (Lipinski definition) is 1. The van der Waals surface area contributed by atoms with Gasteiger partial charge in [0.1, 0.15) is 23.0 Å². The standard InChI is InChI=1S/C19H22N6O2S/c1-5-25-17-14(8-7-9-22-17)24-18(25)16-15(28(21,26)6-2)10-13(11-23-16)27-19(3,4)12-20/h7-11,21H,5-6H2,1-4H3/t28-/m1/s1. The van der Waals surface area contributed by atoms with Crippen molar-refractivity contribution in [2.45, 2.75) is 44.7 Å². The third-order valence-electron chi connectivity index (χ3n) is 4.26. The molecular weight excluding hydrogens is 376 g/mol. The average Bonchev–Trinajstić information content (AvgIpc) is 3.06. The molecule has 28 heavy (non-hydrogen) atoms. The summed E-state index contributed by atoms with van der Waals surface area (Å²) in [5.74, 6) is 0.916. The Labute approximate surface area is 164 Å². The summed E-state index contributed by atoms with van der Waals surface area (Å²) in [6, 6.07) is 7.24. The summed E-state index contributed by atoms with van der Waals surface area (Å²) in [5.41, 5.74) is 0.692. The largest absolute Gasteiger partial charge is 0.471 e. The van der Waals surface area contributed by atoms with Gasteiger partial charge in [0.25, 0.3) is 0 Å². The van der Waals surface area contributed by atoms with Crippen molar-refractivity contribution in [2.24, 2.45) is 0 Å². The van der Waals surface area contributed by atoms with Gasteiger partial charge in [0.2, 0.25) is 0 Å². The maximum absolute atomic E-state index is 13.0. The highest BCUT2D eigenvalue weighted by atomic mass is 32.2. The van der Waals surface area contributed by atoms with Gasteiger partial charge in [0.15, 0.2) is 17.1 Å². The predicted molar refractivity (Wildman–Crippen MR) is 106 cm³/mol. The van der Waals surface area contributed by atoms with Crippen molar-refractivity contribution in [2.75, 3.05) is 5.75 Å². The number of rotatable bonds is 6. The van der Waals surface area contributed by atoms with E-state index in [0.717, 1.165) is 0 Å². The smallest absolute Gasteiger partial charge is 0.188 e. The molecule has 0 aromatic carbocycles. The number of nitrogens with one attached hydrogen (secondary N) is 1. The topological polar surface area (TPSA) is 118 Å². The van der Waals surface area contributed by atoms with Crippen LogP contribution in [0.2, 0.25) is 0 Å². The van der Waals surface area contributed by atoms with E-state index in [-0.39, 0.29) is 16.4 Å². The van der Waals surface area contributed by atoms with E-state index in [0.29, 0.717) is 29.2 Å². The van der Waals surface area contributed by atoms with Gasteiger partial charge >= 0.3 is 0 Å². The van der Waals surface area contributed by atoms with E-state index in [9.17, 15) is 9.47 Å². The Kier molecular flexibility index (Phi) is 5.08. The molecule has 0 fully saturated rings. The highest BCUT2D eigenvalue weighted by Crippen LogP contribution is 2.32. The summed E-state index contributed by atoms with van der Waals surface area (Å²) in [7, 11) is -3.12. The van der Waals surface area contributed by atoms with Crippen LogP contribution in [-0.4, -0.2) is 35.1 Å². The summed E-state index contributed by atoms with van der Waals surface area (Å²) < 4.78 is 28.9. The molecule has 0 saturated heterocycles. The molecule has 3 aromatic heterocycles. The first-order valence-electron chi connectivity index (χ1n) is 8.91. The Hall–Kier alpha value is -2.99. The van der Waals surface area contributed by atoms with Crippen molar-refractivity contribution in [1.82, 2.24) is 19.5 Å². The highest BCUT2D eigenvalue weighted by Gasteiger charge is 2.25. The first-order valence-corrected chi connectivity index (χ1v) is 10.6. The van der Waals surface area contributed by atoms with Crippen LogP contribution in [0, 0.1) is 16.1 Å². The Bertz CT molecular complexity index is 1170. The van der Waals surface area contributed by atoms with E-state index >= 15 is 0 Å². The molecule has 0 aliphatic rings. The Morgan fingerprint density at radius 2 is 2.11 bits per heavy atom. The summed E-state index contributed by atoms with van der Waals surface area (Å²) in [6.45, 7) is 7.50. The number of hydrogen-bond acceptors (Lipinski definition) is 7. The van der Waals surface area contributed by atoms with Crippen molar-refractivity contribution in [3.63, 3.8) is 0 Å². The highest BCUT2D eigenvalue weighted by molar-refractivity contribution is 7.92. The van der Waals surface area contributed by atoms with Crippen molar-refractivity contribution in [3.8, 4) is 23.3 Å². The van der Waals surface area contributed by atoms with Gasteiger partial charge in [0, 0.05) is 24.6 Å². The second kappa shape index (κ2) is 7.20. The maximum Gasteiger partial charge on any atom is 0.188 e. The van der Waals surface area contributed by atoms with Crippen molar-refractivity contribution in [3.05, 3.63) is 30.6 Å². The van der Waals surface area contributed by atoms with Crippen molar-refractivity contribution < 1.29 is 8.95 Å². The van der Waals surface area contributed by atoms with Crippen LogP contribution < -0.4 is 4.74 Å². The Balaban J connectivity index is 2.26. The van der Waals surface area contributed by atoms with Crippen molar-refractivity contribution >= 4 is 20.9 Å². The van der Waals surface area contributed by atoms with E-state index in [4.69, 9.17) is 9.52 Å². The van der Waals surface area contributed by atoms with Crippen LogP contribution in [-0.2, 0) is 16.3 Å². The zero-order valence-electron chi connectivity index (χ0n) is 16.3. The van der Waals surface area contributed by atoms with E-state index in [1.165, 1.54) is 12.3 Å². The molecule has 0 aliphatic carbocycles. The molecule has 1 atom stereocenters. The molecule has 0 saturated carbocycles. The van der Waals surface area contributed by atoms with Crippen molar-refractivity contribution in [1.29, 1.82) is 10.0 Å². The maximum atomic E-state index is 13.0. The van der Waals surface area contributed by atoms with E-state index in [1.807, 2.05) is 17.6 Å². The molecule has 3 aromatic rings. The number of aryl methyl sites for hydroxylation is 1. The minimum Gasteiger partial charge on any atom is -0.471 e. The van der Waals surface area contributed by atoms with Gasteiger partial charge in [-0.1, -0.05) is 6.92 Å². The fourth-order valence-corrected chi connectivity index (χ4v) is 3.89. The molecule has 0 aliphatic heterocycles. The monoisotopic (exact) mass is 398 g/mol. The Morgan fingerprint density at radius 3 is 2.75 bits per heavy atom. The second-order valence-corrected chi connectivity index (χ2v) is 9.10. The molecule has 0 unspecified atom stereocenters. The lowest BCUT2D eigenvalue weighted by molar-refractivity contribution is 0.169. The summed E-state index contributed by atoms with van der Waals surface area (Å²) in [6.07, 6.45) is 3.16. The molecule has 8 nitrogen and oxygen atoms in total. The van der Waals surface area contributed by atoms with Gasteiger partial charge in [-0.15, -0.1) is 0 Å². The molecule has 0 bridgehead atoms. The van der Waals surface area contributed by atoms with Crippen LogP contribution in [0.15, 0.2) is 35.5 Å². The lowest BCUT2D eigenvalue weighted by Gasteiger charge is -2.19. The van der Waals surface area contributed by atoms with Crippen LogP contribution >= 0.6 is 0 Å². The fraction of sp³-hybridized carbons (Fsp3) is 0.368. The van der Waals surface area contributed by atoms with E-state index in [2.05, 4.69) is 21.0 Å². The van der Waals surface area contributed by atoms with Gasteiger partial charge in [0.05, 0.1) is 20.8 Å². The molecule has 0 radical (unpaired) electrons. The minimum atomic E-state index is -3.12. The first-order chi connectivity index (χ1) is 13.2. The van der Waals surface area contributed by atoms with Gasteiger partial charge < -0.3 is 9.30 Å². The molecular formula is C19H22N6O2S. The van der Waals surface area contributed by atoms with E-state index in [1.54, 1.807) is 33.0 Å². The minimum absolute atomic E-state index is 0.122. The Morgan fingerprint density at radius 1 is 1.36 bits per heavy atom. The average molecular weight is 398 g/mol. The SMILES string of the molecule is CCn1c(-c2ncc(OC(C)(C)C#N)cc2[S@](=N)(=O)CC)nc2cccnc21. The predicted octanol–water partition coefficient (Wildman–Crippen LogP) is 3.62. The van der Waals surface area contributed by atoms with Crippen LogP contribution in [0.1, 0.15) is 27.7 Å². The van der Waals surface area contributed by atoms with Crippen LogP contribution in [0.5, 0.6) is 5.75 Å². The lowest BCUT2D eigenvalue weighted by atomic mass is 10.2. The number of nitrogens with zero attached hydrogens (tertiary/aromatic N) is 5.